The van der Waals surface area contributed by atoms with Crippen LogP contribution in [0.2, 0.25) is 0 Å². The van der Waals surface area contributed by atoms with Crippen molar-refractivity contribution in [1.82, 2.24) is 5.16 Å². The number of aryl methyl sites for hydroxylation is 1. The number of thioether (sulfide) groups is 1. The number of carbonyl (C=O) groups excluding carboxylic acids is 2. The topological polar surface area (TPSA) is 81.4 Å². The van der Waals surface area contributed by atoms with E-state index in [1.807, 2.05) is 19.1 Å². The highest BCUT2D eigenvalue weighted by Gasteiger charge is 2.21. The van der Waals surface area contributed by atoms with Crippen LogP contribution in [0, 0.1) is 12.7 Å². The molecule has 1 N–H and O–H groups in total. The van der Waals surface area contributed by atoms with Crippen molar-refractivity contribution in [2.45, 2.75) is 30.6 Å². The highest BCUT2D eigenvalue weighted by Crippen LogP contribution is 2.27. The predicted octanol–water partition coefficient (Wildman–Crippen LogP) is 4.60. The number of rotatable bonds is 7. The molecule has 0 radical (unpaired) electrons. The Morgan fingerprint density at radius 1 is 1.21 bits per heavy atom. The molecule has 2 aromatic carbocycles. The molecule has 1 heterocycles. The molecule has 0 aliphatic carbocycles. The number of esters is 1. The number of hydrogen-bond donors (Lipinski definition) is 1. The van der Waals surface area contributed by atoms with Crippen LogP contribution in [0.1, 0.15) is 28.7 Å². The average Bonchev–Trinajstić information content (AvgIpc) is 3.11. The summed E-state index contributed by atoms with van der Waals surface area (Å²) in [6.45, 7) is 3.27. The summed E-state index contributed by atoms with van der Waals surface area (Å²) in [6.07, 6.45) is -1.05. The van der Waals surface area contributed by atoms with Crippen molar-refractivity contribution < 1.29 is 23.2 Å². The molecule has 6 nitrogen and oxygen atoms in total. The van der Waals surface area contributed by atoms with Gasteiger partial charge in [0.2, 0.25) is 0 Å². The van der Waals surface area contributed by atoms with Gasteiger partial charge in [0.15, 0.2) is 6.10 Å². The molecule has 0 unspecified atom stereocenters. The molecule has 8 heteroatoms. The molecule has 0 fully saturated rings. The summed E-state index contributed by atoms with van der Waals surface area (Å²) in [5, 5.41) is 6.45. The summed E-state index contributed by atoms with van der Waals surface area (Å²) in [4.78, 5) is 25.6. The zero-order valence-corrected chi connectivity index (χ0v) is 16.7. The standard InChI is InChI=1S/C21H19FN2O4S/c1-13-10-17(24-28-13)12-29-19-9-4-3-8-18(19)21(26)27-14(2)20(25)23-16-7-5-6-15(22)11-16/h3-11,14H,12H2,1-2H3,(H,23,25)/t14-/m0/s1. The molecular weight excluding hydrogens is 395 g/mol. The van der Waals surface area contributed by atoms with Gasteiger partial charge in [-0.1, -0.05) is 23.4 Å². The van der Waals surface area contributed by atoms with Crippen LogP contribution >= 0.6 is 11.8 Å². The molecule has 0 saturated carbocycles. The first-order chi connectivity index (χ1) is 13.9. The minimum atomic E-state index is -1.05. The maximum Gasteiger partial charge on any atom is 0.340 e. The van der Waals surface area contributed by atoms with Crippen molar-refractivity contribution in [2.75, 3.05) is 5.32 Å². The minimum absolute atomic E-state index is 0.289. The second-order valence-corrected chi connectivity index (χ2v) is 7.28. The van der Waals surface area contributed by atoms with Gasteiger partial charge < -0.3 is 14.6 Å². The molecule has 0 spiro atoms. The Bertz CT molecular complexity index is 1020. The van der Waals surface area contributed by atoms with Gasteiger partial charge >= 0.3 is 5.97 Å². The van der Waals surface area contributed by atoms with E-state index < -0.39 is 23.8 Å². The zero-order chi connectivity index (χ0) is 20.8. The summed E-state index contributed by atoms with van der Waals surface area (Å²) in [6, 6.07) is 14.3. The van der Waals surface area contributed by atoms with Crippen LogP contribution in [-0.2, 0) is 15.3 Å². The number of nitrogens with zero attached hydrogens (tertiary/aromatic N) is 1. The molecule has 1 aromatic heterocycles. The maximum atomic E-state index is 13.2. The van der Waals surface area contributed by atoms with E-state index in [1.165, 1.54) is 36.9 Å². The smallest absolute Gasteiger partial charge is 0.340 e. The van der Waals surface area contributed by atoms with Crippen LogP contribution in [0.4, 0.5) is 10.1 Å². The van der Waals surface area contributed by atoms with Gasteiger partial charge in [-0.15, -0.1) is 11.8 Å². The fourth-order valence-corrected chi connectivity index (χ4v) is 3.41. The number of hydrogen-bond acceptors (Lipinski definition) is 6. The van der Waals surface area contributed by atoms with E-state index >= 15 is 0 Å². The normalized spacial score (nSPS) is 11.7. The summed E-state index contributed by atoms with van der Waals surface area (Å²) < 4.78 is 23.6. The summed E-state index contributed by atoms with van der Waals surface area (Å²) in [5.74, 6) is -0.400. The molecule has 29 heavy (non-hydrogen) atoms. The van der Waals surface area contributed by atoms with Crippen molar-refractivity contribution in [2.24, 2.45) is 0 Å². The van der Waals surface area contributed by atoms with Gasteiger partial charge in [-0.2, -0.15) is 0 Å². The summed E-state index contributed by atoms with van der Waals surface area (Å²) in [7, 11) is 0. The van der Waals surface area contributed by atoms with Crippen LogP contribution < -0.4 is 5.32 Å². The molecule has 150 valence electrons. The molecule has 1 atom stereocenters. The van der Waals surface area contributed by atoms with Gasteiger partial charge in [-0.25, -0.2) is 9.18 Å². The highest BCUT2D eigenvalue weighted by atomic mass is 32.2. The molecule has 0 saturated heterocycles. The van der Waals surface area contributed by atoms with E-state index in [0.717, 1.165) is 5.69 Å². The quantitative estimate of drug-likeness (QED) is 0.450. The van der Waals surface area contributed by atoms with E-state index in [0.29, 0.717) is 22.0 Å². The molecule has 0 aliphatic rings. The fourth-order valence-electron chi connectivity index (χ4n) is 2.49. The van der Waals surface area contributed by atoms with Gasteiger partial charge in [-0.3, -0.25) is 4.79 Å². The Balaban J connectivity index is 1.63. The fraction of sp³-hybridized carbons (Fsp3) is 0.190. The Morgan fingerprint density at radius 2 is 2.00 bits per heavy atom. The van der Waals surface area contributed by atoms with Gasteiger partial charge in [0.25, 0.3) is 5.91 Å². The van der Waals surface area contributed by atoms with E-state index in [2.05, 4.69) is 10.5 Å². The number of carbonyl (C=O) groups is 2. The van der Waals surface area contributed by atoms with Gasteiger partial charge in [0.1, 0.15) is 11.6 Å². The number of aromatic nitrogens is 1. The lowest BCUT2D eigenvalue weighted by Crippen LogP contribution is -2.30. The largest absolute Gasteiger partial charge is 0.449 e. The number of nitrogens with one attached hydrogen (secondary N) is 1. The first-order valence-corrected chi connectivity index (χ1v) is 9.82. The van der Waals surface area contributed by atoms with Crippen LogP contribution in [0.5, 0.6) is 0 Å². The van der Waals surface area contributed by atoms with Crippen LogP contribution in [0.3, 0.4) is 0 Å². The van der Waals surface area contributed by atoms with Crippen molar-refractivity contribution in [3.05, 3.63) is 77.4 Å². The number of amides is 1. The summed E-state index contributed by atoms with van der Waals surface area (Å²) in [5.41, 5.74) is 1.40. The number of ether oxygens (including phenoxy) is 1. The molecule has 3 aromatic rings. The van der Waals surface area contributed by atoms with Crippen molar-refractivity contribution in [1.29, 1.82) is 0 Å². The van der Waals surface area contributed by atoms with Crippen molar-refractivity contribution in [3.63, 3.8) is 0 Å². The third-order valence-corrected chi connectivity index (χ3v) is 5.01. The molecular formula is C21H19FN2O4S. The molecule has 0 bridgehead atoms. The van der Waals surface area contributed by atoms with Crippen LogP contribution in [-0.4, -0.2) is 23.1 Å². The molecule has 1 amide bonds. The van der Waals surface area contributed by atoms with E-state index in [1.54, 1.807) is 24.3 Å². The Hall–Kier alpha value is -3.13. The third kappa shape index (κ3) is 5.68. The third-order valence-electron chi connectivity index (χ3n) is 3.90. The van der Waals surface area contributed by atoms with Crippen molar-refractivity contribution in [3.8, 4) is 0 Å². The summed E-state index contributed by atoms with van der Waals surface area (Å²) >= 11 is 1.42. The second-order valence-electron chi connectivity index (χ2n) is 6.26. The van der Waals surface area contributed by atoms with E-state index in [-0.39, 0.29) is 5.69 Å². The second kappa shape index (κ2) is 9.38. The number of halogens is 1. The molecule has 0 aliphatic heterocycles. The Labute approximate surface area is 171 Å². The van der Waals surface area contributed by atoms with Crippen LogP contribution in [0.15, 0.2) is 64.0 Å². The first kappa shape index (κ1) is 20.6. The molecule has 3 rings (SSSR count). The van der Waals surface area contributed by atoms with Gasteiger partial charge in [0, 0.05) is 22.4 Å². The lowest BCUT2D eigenvalue weighted by Gasteiger charge is -2.15. The SMILES string of the molecule is Cc1cc(CSc2ccccc2C(=O)O[C@@H](C)C(=O)Nc2cccc(F)c2)no1. The van der Waals surface area contributed by atoms with Crippen LogP contribution in [0.25, 0.3) is 0 Å². The van der Waals surface area contributed by atoms with Gasteiger partial charge in [0.05, 0.1) is 11.3 Å². The lowest BCUT2D eigenvalue weighted by molar-refractivity contribution is -0.123. The zero-order valence-electron chi connectivity index (χ0n) is 15.8. The monoisotopic (exact) mass is 414 g/mol. The Kier molecular flexibility index (Phi) is 6.66. The minimum Gasteiger partial charge on any atom is -0.449 e. The maximum absolute atomic E-state index is 13.2. The van der Waals surface area contributed by atoms with E-state index in [4.69, 9.17) is 9.26 Å². The Morgan fingerprint density at radius 3 is 2.72 bits per heavy atom. The highest BCUT2D eigenvalue weighted by molar-refractivity contribution is 7.98. The lowest BCUT2D eigenvalue weighted by atomic mass is 10.2. The average molecular weight is 414 g/mol. The first-order valence-electron chi connectivity index (χ1n) is 8.84. The number of anilines is 1. The van der Waals surface area contributed by atoms with E-state index in [9.17, 15) is 14.0 Å². The van der Waals surface area contributed by atoms with Crippen molar-refractivity contribution >= 4 is 29.3 Å². The predicted molar refractivity (Wildman–Crippen MR) is 107 cm³/mol. The number of benzene rings is 2. The van der Waals surface area contributed by atoms with Gasteiger partial charge in [-0.05, 0) is 44.2 Å².